The second kappa shape index (κ2) is 12.6. The first kappa shape index (κ1) is 31.0. The average Bonchev–Trinajstić information content (AvgIpc) is 3.16. The molecule has 0 aromatic heterocycles. The Morgan fingerprint density at radius 1 is 1.11 bits per heavy atom. The second-order valence-electron chi connectivity index (χ2n) is 11.5. The van der Waals surface area contributed by atoms with Crippen LogP contribution in [0.3, 0.4) is 0 Å². The monoisotopic (exact) mass is 542 g/mol. The summed E-state index contributed by atoms with van der Waals surface area (Å²) in [4.78, 5) is 19.3. The summed E-state index contributed by atoms with van der Waals surface area (Å²) in [7, 11) is -2.02. The van der Waals surface area contributed by atoms with Crippen LogP contribution in [0.4, 0.5) is 4.79 Å². The van der Waals surface area contributed by atoms with Crippen LogP contribution in [-0.4, -0.2) is 86.2 Å². The molecule has 0 radical (unpaired) electrons. The van der Waals surface area contributed by atoms with Gasteiger partial charge in [-0.2, -0.15) is 0 Å². The molecular weight excluding hydrogens is 496 g/mol. The predicted octanol–water partition coefficient (Wildman–Crippen LogP) is 5.60. The molecule has 8 nitrogen and oxygen atoms in total. The fourth-order valence-corrected chi connectivity index (χ4v) is 5.86. The van der Waals surface area contributed by atoms with Gasteiger partial charge in [0.1, 0.15) is 35.4 Å². The maximum atomic E-state index is 12.9. The van der Waals surface area contributed by atoms with Crippen molar-refractivity contribution in [2.45, 2.75) is 102 Å². The fraction of sp³-hybridized carbons (Fsp3) is 0.769. The van der Waals surface area contributed by atoms with Crippen molar-refractivity contribution in [1.29, 1.82) is 0 Å². The van der Waals surface area contributed by atoms with Crippen LogP contribution in [0.25, 0.3) is 0 Å². The average molecular weight is 543 g/mol. The Kier molecular flexibility index (Phi) is 10.9. The lowest BCUT2D eigenvalue weighted by molar-refractivity contribution is -0.191. The largest absolute Gasteiger partial charge is 0.443 e. The van der Waals surface area contributed by atoms with E-state index in [-0.39, 0.29) is 22.6 Å². The first-order valence-corrected chi connectivity index (χ1v) is 16.4. The molecule has 2 rings (SSSR count). The summed E-state index contributed by atoms with van der Waals surface area (Å²) < 4.78 is 31.1. The summed E-state index contributed by atoms with van der Waals surface area (Å²) in [6.07, 6.45) is 1.79. The van der Waals surface area contributed by atoms with Gasteiger partial charge in [-0.3, -0.25) is 9.89 Å². The van der Waals surface area contributed by atoms with E-state index in [0.29, 0.717) is 31.5 Å². The van der Waals surface area contributed by atoms with E-state index in [0.717, 1.165) is 0 Å². The van der Waals surface area contributed by atoms with Crippen molar-refractivity contribution in [1.82, 2.24) is 4.90 Å². The summed E-state index contributed by atoms with van der Waals surface area (Å²) in [5, 5.41) is 0.621. The van der Waals surface area contributed by atoms with Crippen molar-refractivity contribution < 1.29 is 28.2 Å². The summed E-state index contributed by atoms with van der Waals surface area (Å²) >= 11 is 1.41. The Hall–Kier alpha value is -1.17. The van der Waals surface area contributed by atoms with Gasteiger partial charge < -0.3 is 23.4 Å². The number of ether oxygens (including phenoxy) is 4. The van der Waals surface area contributed by atoms with Crippen molar-refractivity contribution in [2.75, 3.05) is 26.4 Å². The number of nitrogens with zero attached hydrogens (tertiary/aromatic N) is 2. The molecule has 2 heterocycles. The normalized spacial score (nSPS) is 26.7. The Morgan fingerprint density at radius 3 is 2.19 bits per heavy atom. The molecule has 0 aromatic carbocycles. The van der Waals surface area contributed by atoms with E-state index in [2.05, 4.69) is 47.0 Å². The van der Waals surface area contributed by atoms with Crippen molar-refractivity contribution in [3.8, 4) is 0 Å². The van der Waals surface area contributed by atoms with Gasteiger partial charge in [0.25, 0.3) is 0 Å². The molecule has 5 atom stereocenters. The van der Waals surface area contributed by atoms with Crippen LogP contribution in [0.1, 0.15) is 48.5 Å². The van der Waals surface area contributed by atoms with Crippen LogP contribution < -0.4 is 0 Å². The van der Waals surface area contributed by atoms with E-state index < -0.39 is 32.2 Å². The van der Waals surface area contributed by atoms with Crippen molar-refractivity contribution >= 4 is 31.3 Å². The van der Waals surface area contributed by atoms with Gasteiger partial charge in [-0.25, -0.2) is 4.79 Å². The number of carbonyl (C=O) groups is 1. The van der Waals surface area contributed by atoms with Gasteiger partial charge in [-0.15, -0.1) is 13.2 Å². The van der Waals surface area contributed by atoms with Gasteiger partial charge in [-0.1, -0.05) is 44.7 Å². The quantitative estimate of drug-likeness (QED) is 0.262. The van der Waals surface area contributed by atoms with Crippen LogP contribution in [0, 0.1) is 0 Å². The van der Waals surface area contributed by atoms with E-state index >= 15 is 0 Å². The van der Waals surface area contributed by atoms with Crippen LogP contribution in [0.15, 0.2) is 30.3 Å². The summed E-state index contributed by atoms with van der Waals surface area (Å²) in [6, 6.07) is -0.361. The number of amidine groups is 1. The molecule has 0 bridgehead atoms. The first-order chi connectivity index (χ1) is 16.6. The molecule has 0 aliphatic carbocycles. The number of thioether (sulfide) groups is 1. The predicted molar refractivity (Wildman–Crippen MR) is 149 cm³/mol. The third-order valence-electron chi connectivity index (χ3n) is 6.48. The molecule has 0 saturated carbocycles. The third kappa shape index (κ3) is 7.91. The highest BCUT2D eigenvalue weighted by Crippen LogP contribution is 2.41. The second-order valence-corrected chi connectivity index (χ2v) is 17.4. The van der Waals surface area contributed by atoms with Crippen molar-refractivity contribution in [3.63, 3.8) is 0 Å². The molecule has 0 aromatic rings. The topological polar surface area (TPSA) is 78.8 Å². The maximum absolute atomic E-state index is 12.9. The molecule has 0 spiro atoms. The van der Waals surface area contributed by atoms with Gasteiger partial charge >= 0.3 is 6.09 Å². The number of hydrogen-bond donors (Lipinski definition) is 0. The van der Waals surface area contributed by atoms with Gasteiger partial charge in [0.2, 0.25) is 0 Å². The van der Waals surface area contributed by atoms with Crippen LogP contribution in [0.5, 0.6) is 0 Å². The third-order valence-corrected chi connectivity index (χ3v) is 12.1. The standard InChI is InChI=1S/C26H46N2O6SSi/c1-12-15-30-20-18(17-32-36(10,11)26(7,8)9)33-22-19(21(20)31-16-13-2)27-23(35-22)28(14-3)24(29)34-25(4,5)6/h12-13,18-22H,1-2,14-17H2,3-11H3/t18-,19-,20-,21-,22-/m1/s1. The van der Waals surface area contributed by atoms with Gasteiger partial charge in [-0.05, 0) is 45.8 Å². The lowest BCUT2D eigenvalue weighted by Gasteiger charge is -2.44. The van der Waals surface area contributed by atoms with E-state index in [4.69, 9.17) is 28.4 Å². The van der Waals surface area contributed by atoms with E-state index in [1.165, 1.54) is 11.8 Å². The summed E-state index contributed by atoms with van der Waals surface area (Å²) in [5.41, 5.74) is -0.953. The molecule has 1 saturated heterocycles. The van der Waals surface area contributed by atoms with Crippen LogP contribution >= 0.6 is 11.8 Å². The van der Waals surface area contributed by atoms with E-state index in [1.807, 2.05) is 27.7 Å². The zero-order valence-electron chi connectivity index (χ0n) is 23.5. The first-order valence-electron chi connectivity index (χ1n) is 12.6. The number of rotatable bonds is 10. The van der Waals surface area contributed by atoms with E-state index in [1.54, 1.807) is 17.1 Å². The van der Waals surface area contributed by atoms with Gasteiger partial charge in [0.15, 0.2) is 13.5 Å². The Labute approximate surface area is 222 Å². The maximum Gasteiger partial charge on any atom is 0.416 e. The highest BCUT2D eigenvalue weighted by atomic mass is 32.2. The van der Waals surface area contributed by atoms with Crippen LogP contribution in [0.2, 0.25) is 18.1 Å². The highest BCUT2D eigenvalue weighted by Gasteiger charge is 2.52. The molecule has 2 aliphatic rings. The highest BCUT2D eigenvalue weighted by molar-refractivity contribution is 8.14. The molecule has 2 aliphatic heterocycles. The lowest BCUT2D eigenvalue weighted by atomic mass is 9.98. The SMILES string of the molecule is C=CCO[C@@H]1[C@H]2N=C(N(CC)C(=O)OC(C)(C)C)S[C@H]2O[C@H](CO[Si](C)(C)C(C)(C)C)[C@H]1OCC=C. The minimum Gasteiger partial charge on any atom is -0.443 e. The Balaban J connectivity index is 2.34. The number of fused-ring (bicyclic) bond motifs is 1. The lowest BCUT2D eigenvalue weighted by Crippen LogP contribution is -2.59. The summed E-state index contributed by atoms with van der Waals surface area (Å²) in [5.74, 6) is 0. The van der Waals surface area contributed by atoms with Crippen LogP contribution in [-0.2, 0) is 23.4 Å². The molecule has 10 heteroatoms. The van der Waals surface area contributed by atoms with Gasteiger partial charge in [0, 0.05) is 6.54 Å². The molecule has 1 fully saturated rings. The summed E-state index contributed by atoms with van der Waals surface area (Å²) in [6.45, 7) is 27.6. The Morgan fingerprint density at radius 2 is 1.69 bits per heavy atom. The minimum atomic E-state index is -2.02. The smallest absolute Gasteiger partial charge is 0.416 e. The molecule has 0 N–H and O–H groups in total. The van der Waals surface area contributed by atoms with Crippen molar-refractivity contribution in [2.24, 2.45) is 4.99 Å². The zero-order chi connectivity index (χ0) is 27.3. The molecular formula is C26H46N2O6SSi. The van der Waals surface area contributed by atoms with Crippen molar-refractivity contribution in [3.05, 3.63) is 25.3 Å². The molecule has 206 valence electrons. The molecule has 1 amide bonds. The number of hydrogen-bond acceptors (Lipinski definition) is 8. The minimum absolute atomic E-state index is 0.0633. The van der Waals surface area contributed by atoms with Gasteiger partial charge in [0.05, 0.1) is 19.8 Å². The van der Waals surface area contributed by atoms with E-state index in [9.17, 15) is 4.79 Å². The Bertz CT molecular complexity index is 807. The molecule has 0 unspecified atom stereocenters. The number of carbonyl (C=O) groups excluding carboxylic acids is 1. The zero-order valence-corrected chi connectivity index (χ0v) is 25.4. The molecule has 36 heavy (non-hydrogen) atoms. The number of amides is 1. The fourth-order valence-electron chi connectivity index (χ4n) is 3.57. The number of aliphatic imine (C=N–C) groups is 1.